The summed E-state index contributed by atoms with van der Waals surface area (Å²) in [7, 11) is 1.61. The molecular formula is C17H23NO5. The van der Waals surface area contributed by atoms with Crippen LogP contribution in [0.1, 0.15) is 18.9 Å². The molecule has 1 heterocycles. The highest BCUT2D eigenvalue weighted by Gasteiger charge is 2.32. The Bertz CT molecular complexity index is 586. The van der Waals surface area contributed by atoms with Crippen LogP contribution in [0.3, 0.4) is 0 Å². The second-order valence-electron chi connectivity index (χ2n) is 5.97. The smallest absolute Gasteiger partial charge is 0.306 e. The summed E-state index contributed by atoms with van der Waals surface area (Å²) in [6, 6.07) is 5.39. The topological polar surface area (TPSA) is 76.1 Å². The average molecular weight is 321 g/mol. The molecule has 1 aromatic carbocycles. The molecule has 2 unspecified atom stereocenters. The molecule has 0 radical (unpaired) electrons. The number of likely N-dealkylation sites (tertiary alicyclic amines) is 1. The fourth-order valence-electron chi connectivity index (χ4n) is 2.92. The maximum absolute atomic E-state index is 12.2. The van der Waals surface area contributed by atoms with Crippen LogP contribution < -0.4 is 9.47 Å². The number of rotatable bonds is 5. The van der Waals surface area contributed by atoms with Crippen LogP contribution >= 0.6 is 0 Å². The SMILES string of the molecule is COc1ccc(OCC(=O)N2CCC(C(=O)O)C(C)C2)cc1C. The highest BCUT2D eigenvalue weighted by atomic mass is 16.5. The Morgan fingerprint density at radius 2 is 2.13 bits per heavy atom. The summed E-state index contributed by atoms with van der Waals surface area (Å²) in [6.07, 6.45) is 0.490. The number of hydrogen-bond acceptors (Lipinski definition) is 4. The molecule has 1 aliphatic rings. The van der Waals surface area contributed by atoms with Gasteiger partial charge in [0.25, 0.3) is 5.91 Å². The number of nitrogens with zero attached hydrogens (tertiary/aromatic N) is 1. The number of aryl methyl sites for hydroxylation is 1. The van der Waals surface area contributed by atoms with Crippen LogP contribution in [-0.4, -0.2) is 48.7 Å². The van der Waals surface area contributed by atoms with E-state index >= 15 is 0 Å². The van der Waals surface area contributed by atoms with Crippen molar-refractivity contribution in [2.75, 3.05) is 26.8 Å². The van der Waals surface area contributed by atoms with Gasteiger partial charge in [-0.25, -0.2) is 0 Å². The van der Waals surface area contributed by atoms with Crippen molar-refractivity contribution >= 4 is 11.9 Å². The number of aliphatic carboxylic acids is 1. The maximum atomic E-state index is 12.2. The van der Waals surface area contributed by atoms with Gasteiger partial charge in [-0.1, -0.05) is 6.92 Å². The normalized spacial score (nSPS) is 20.9. The Labute approximate surface area is 136 Å². The van der Waals surface area contributed by atoms with Crippen LogP contribution in [-0.2, 0) is 9.59 Å². The predicted octanol–water partition coefficient (Wildman–Crippen LogP) is 1.95. The Morgan fingerprint density at radius 3 is 2.70 bits per heavy atom. The van der Waals surface area contributed by atoms with Crippen LogP contribution in [0.25, 0.3) is 0 Å². The van der Waals surface area contributed by atoms with Crippen molar-refractivity contribution < 1.29 is 24.2 Å². The van der Waals surface area contributed by atoms with Crippen LogP contribution in [0.4, 0.5) is 0 Å². The second-order valence-corrected chi connectivity index (χ2v) is 5.97. The molecule has 0 bridgehead atoms. The fourth-order valence-corrected chi connectivity index (χ4v) is 2.92. The zero-order valence-electron chi connectivity index (χ0n) is 13.7. The Morgan fingerprint density at radius 1 is 1.39 bits per heavy atom. The number of carbonyl (C=O) groups excluding carboxylic acids is 1. The van der Waals surface area contributed by atoms with E-state index in [1.165, 1.54) is 0 Å². The summed E-state index contributed by atoms with van der Waals surface area (Å²) in [5.41, 5.74) is 0.938. The summed E-state index contributed by atoms with van der Waals surface area (Å²) >= 11 is 0. The highest BCUT2D eigenvalue weighted by molar-refractivity contribution is 5.78. The van der Waals surface area contributed by atoms with E-state index in [1.807, 2.05) is 19.9 Å². The van der Waals surface area contributed by atoms with Gasteiger partial charge < -0.3 is 19.5 Å². The van der Waals surface area contributed by atoms with E-state index in [4.69, 9.17) is 14.6 Å². The minimum absolute atomic E-state index is 0.0454. The molecule has 1 amide bonds. The van der Waals surface area contributed by atoms with Crippen LogP contribution in [0.5, 0.6) is 11.5 Å². The monoisotopic (exact) mass is 321 g/mol. The standard InChI is InChI=1S/C17H23NO5/c1-11-8-13(4-5-15(11)22-3)23-10-16(19)18-7-6-14(17(20)21)12(2)9-18/h4-5,8,12,14H,6-7,9-10H2,1-3H3,(H,20,21). The number of amides is 1. The van der Waals surface area contributed by atoms with Gasteiger partial charge in [-0.15, -0.1) is 0 Å². The molecule has 2 atom stereocenters. The molecule has 1 aromatic rings. The van der Waals surface area contributed by atoms with E-state index in [2.05, 4.69) is 0 Å². The van der Waals surface area contributed by atoms with Gasteiger partial charge in [0.2, 0.25) is 0 Å². The first kappa shape index (κ1) is 17.1. The lowest BCUT2D eigenvalue weighted by molar-refractivity contribution is -0.148. The first-order valence-corrected chi connectivity index (χ1v) is 7.70. The Balaban J connectivity index is 1.88. The van der Waals surface area contributed by atoms with Crippen molar-refractivity contribution in [3.63, 3.8) is 0 Å². The van der Waals surface area contributed by atoms with Crippen LogP contribution in [0.15, 0.2) is 18.2 Å². The van der Waals surface area contributed by atoms with Gasteiger partial charge in [0, 0.05) is 13.1 Å². The summed E-state index contributed by atoms with van der Waals surface area (Å²) in [4.78, 5) is 25.0. The molecule has 2 rings (SSSR count). The van der Waals surface area contributed by atoms with Gasteiger partial charge in [-0.3, -0.25) is 9.59 Å². The molecule has 1 fully saturated rings. The number of hydrogen-bond donors (Lipinski definition) is 1. The number of methoxy groups -OCH3 is 1. The van der Waals surface area contributed by atoms with E-state index in [1.54, 1.807) is 24.1 Å². The number of piperidine rings is 1. The van der Waals surface area contributed by atoms with E-state index in [9.17, 15) is 9.59 Å². The number of carboxylic acid groups (broad SMARTS) is 1. The number of ether oxygens (including phenoxy) is 2. The molecule has 1 saturated heterocycles. The van der Waals surface area contributed by atoms with E-state index in [-0.39, 0.29) is 24.3 Å². The maximum Gasteiger partial charge on any atom is 0.306 e. The van der Waals surface area contributed by atoms with Gasteiger partial charge in [0.05, 0.1) is 13.0 Å². The van der Waals surface area contributed by atoms with Crippen molar-refractivity contribution in [2.24, 2.45) is 11.8 Å². The minimum atomic E-state index is -0.783. The molecule has 126 valence electrons. The van der Waals surface area contributed by atoms with Crippen molar-refractivity contribution in [2.45, 2.75) is 20.3 Å². The van der Waals surface area contributed by atoms with Gasteiger partial charge >= 0.3 is 5.97 Å². The van der Waals surface area contributed by atoms with Crippen molar-refractivity contribution in [1.82, 2.24) is 4.90 Å². The van der Waals surface area contributed by atoms with Gasteiger partial charge in [-0.2, -0.15) is 0 Å². The third-order valence-electron chi connectivity index (χ3n) is 4.30. The molecule has 0 aromatic heterocycles. The number of benzene rings is 1. The first-order valence-electron chi connectivity index (χ1n) is 7.70. The summed E-state index contributed by atoms with van der Waals surface area (Å²) in [6.45, 7) is 4.65. The molecule has 0 saturated carbocycles. The van der Waals surface area contributed by atoms with Gasteiger partial charge in [-0.05, 0) is 43.0 Å². The van der Waals surface area contributed by atoms with Crippen molar-refractivity contribution in [1.29, 1.82) is 0 Å². The molecule has 23 heavy (non-hydrogen) atoms. The van der Waals surface area contributed by atoms with Crippen molar-refractivity contribution in [3.05, 3.63) is 23.8 Å². The molecule has 1 aliphatic heterocycles. The Kier molecular flexibility index (Phi) is 5.47. The molecular weight excluding hydrogens is 298 g/mol. The second kappa shape index (κ2) is 7.35. The average Bonchev–Trinajstić information content (AvgIpc) is 2.52. The third-order valence-corrected chi connectivity index (χ3v) is 4.30. The Hall–Kier alpha value is -2.24. The molecule has 0 spiro atoms. The van der Waals surface area contributed by atoms with E-state index in [0.717, 1.165) is 11.3 Å². The largest absolute Gasteiger partial charge is 0.496 e. The molecule has 6 nitrogen and oxygen atoms in total. The van der Waals surface area contributed by atoms with Crippen LogP contribution in [0, 0.1) is 18.8 Å². The zero-order chi connectivity index (χ0) is 17.0. The highest BCUT2D eigenvalue weighted by Crippen LogP contribution is 2.25. The van der Waals surface area contributed by atoms with E-state index < -0.39 is 5.97 Å². The minimum Gasteiger partial charge on any atom is -0.496 e. The first-order chi connectivity index (χ1) is 10.9. The van der Waals surface area contributed by atoms with E-state index in [0.29, 0.717) is 25.3 Å². The lowest BCUT2D eigenvalue weighted by Crippen LogP contribution is -2.46. The van der Waals surface area contributed by atoms with Gasteiger partial charge in [0.1, 0.15) is 11.5 Å². The summed E-state index contributed by atoms with van der Waals surface area (Å²) < 4.78 is 10.7. The fraction of sp³-hybridized carbons (Fsp3) is 0.529. The van der Waals surface area contributed by atoms with Crippen molar-refractivity contribution in [3.8, 4) is 11.5 Å². The number of carbonyl (C=O) groups is 2. The van der Waals surface area contributed by atoms with Gasteiger partial charge in [0.15, 0.2) is 6.61 Å². The number of carboxylic acids is 1. The zero-order valence-corrected chi connectivity index (χ0v) is 13.7. The lowest BCUT2D eigenvalue weighted by atomic mass is 9.87. The quantitative estimate of drug-likeness (QED) is 0.897. The lowest BCUT2D eigenvalue weighted by Gasteiger charge is -2.34. The molecule has 0 aliphatic carbocycles. The third kappa shape index (κ3) is 4.15. The molecule has 1 N–H and O–H groups in total. The summed E-state index contributed by atoms with van der Waals surface area (Å²) in [5, 5.41) is 9.12. The molecule has 6 heteroatoms. The predicted molar refractivity (Wildman–Crippen MR) is 84.7 cm³/mol. The summed E-state index contributed by atoms with van der Waals surface area (Å²) in [5.74, 6) is 0.0692. The van der Waals surface area contributed by atoms with Crippen LogP contribution in [0.2, 0.25) is 0 Å².